The lowest BCUT2D eigenvalue weighted by atomic mass is 10.2. The maximum absolute atomic E-state index is 5.61. The topological polar surface area (TPSA) is 129 Å². The molecule has 46 heavy (non-hydrogen) atoms. The van der Waals surface area contributed by atoms with Crippen LogP contribution in [0.3, 0.4) is 0 Å². The number of hydrogen-bond acceptors (Lipinski definition) is 14. The zero-order valence-corrected chi connectivity index (χ0v) is 29.5. The number of halogens is 1. The molecule has 0 N–H and O–H groups in total. The second kappa shape index (κ2) is 39.4. The van der Waals surface area contributed by atoms with Crippen LogP contribution in [0.15, 0.2) is 0 Å². The van der Waals surface area contributed by atoms with Crippen molar-refractivity contribution in [3.63, 3.8) is 0 Å². The summed E-state index contributed by atoms with van der Waals surface area (Å²) >= 11 is 3.30. The Morgan fingerprint density at radius 3 is 0.848 bits per heavy atom. The van der Waals surface area contributed by atoms with Crippen LogP contribution >= 0.6 is 15.9 Å². The molecule has 1 rings (SSSR count). The molecule has 1 saturated heterocycles. The molecule has 0 aromatic heterocycles. The normalized spacial score (nSPS) is 15.2. The van der Waals surface area contributed by atoms with E-state index in [-0.39, 0.29) is 6.29 Å². The second-order valence-corrected chi connectivity index (χ2v) is 10.5. The third-order valence-corrected chi connectivity index (χ3v) is 6.31. The quantitative estimate of drug-likeness (QED) is 0.0675. The zero-order valence-electron chi connectivity index (χ0n) is 27.9. The van der Waals surface area contributed by atoms with E-state index in [4.69, 9.17) is 66.3 Å². The Kier molecular flexibility index (Phi) is 37.6. The summed E-state index contributed by atoms with van der Waals surface area (Å²) in [4.78, 5) is 0. The molecule has 0 aromatic carbocycles. The minimum absolute atomic E-state index is 0.0657. The van der Waals surface area contributed by atoms with Crippen LogP contribution in [0.2, 0.25) is 0 Å². The molecular weight excluding hydrogens is 676 g/mol. The molecule has 0 aliphatic carbocycles. The first kappa shape index (κ1) is 43.9. The Morgan fingerprint density at radius 2 is 0.609 bits per heavy atom. The van der Waals surface area contributed by atoms with Crippen molar-refractivity contribution in [1.29, 1.82) is 0 Å². The van der Waals surface area contributed by atoms with Gasteiger partial charge in [0.2, 0.25) is 0 Å². The second-order valence-electron chi connectivity index (χ2n) is 9.70. The van der Waals surface area contributed by atoms with Crippen molar-refractivity contribution in [2.24, 2.45) is 0 Å². The highest BCUT2D eigenvalue weighted by Crippen LogP contribution is 2.13. The maximum atomic E-state index is 5.61. The Hall–Kier alpha value is -0.0800. The largest absolute Gasteiger partial charge is 0.378 e. The summed E-state index contributed by atoms with van der Waals surface area (Å²) in [6.45, 7) is 14.2. The summed E-state index contributed by atoms with van der Waals surface area (Å²) in [5, 5.41) is 0.837. The SMILES string of the molecule is BrCCOCCOCCOCCOCCOCCOCCOCCOCCOCCOCCOCCOCCOC1CCCCO1. The van der Waals surface area contributed by atoms with Crippen molar-refractivity contribution in [2.45, 2.75) is 25.6 Å². The molecular formula is C31H61BrO14. The first-order valence-electron chi connectivity index (χ1n) is 16.7. The summed E-state index contributed by atoms with van der Waals surface area (Å²) in [5.41, 5.74) is 0. The average Bonchev–Trinajstić information content (AvgIpc) is 3.08. The number of ether oxygens (including phenoxy) is 14. The smallest absolute Gasteiger partial charge is 0.157 e. The van der Waals surface area contributed by atoms with E-state index in [1.165, 1.54) is 6.42 Å². The van der Waals surface area contributed by atoms with Crippen LogP contribution in [0.5, 0.6) is 0 Å². The van der Waals surface area contributed by atoms with Gasteiger partial charge < -0.3 is 66.3 Å². The zero-order chi connectivity index (χ0) is 32.7. The van der Waals surface area contributed by atoms with Gasteiger partial charge in [0.25, 0.3) is 0 Å². The van der Waals surface area contributed by atoms with Crippen molar-refractivity contribution in [2.75, 3.05) is 177 Å². The van der Waals surface area contributed by atoms with Gasteiger partial charge in [0.1, 0.15) is 0 Å². The first-order valence-corrected chi connectivity index (χ1v) is 17.8. The van der Waals surface area contributed by atoms with Gasteiger partial charge in [-0.15, -0.1) is 0 Å². The van der Waals surface area contributed by atoms with Crippen molar-refractivity contribution >= 4 is 15.9 Å². The number of alkyl halides is 1. The third-order valence-electron chi connectivity index (χ3n) is 5.98. The summed E-state index contributed by atoms with van der Waals surface area (Å²) in [5.74, 6) is 0. The molecule has 1 heterocycles. The van der Waals surface area contributed by atoms with Gasteiger partial charge in [-0.25, -0.2) is 0 Å². The standard InChI is InChI=1S/C31H61BrO14/c32-4-6-33-7-8-34-9-10-35-11-12-36-13-14-37-15-16-38-17-18-39-19-20-40-21-22-41-23-24-42-25-26-43-27-28-44-29-30-46-31-3-1-2-5-45-31/h31H,1-30H2. The molecule has 15 heteroatoms. The van der Waals surface area contributed by atoms with Crippen molar-refractivity contribution < 1.29 is 66.3 Å². The Labute approximate surface area is 284 Å². The van der Waals surface area contributed by atoms with Crippen LogP contribution < -0.4 is 0 Å². The van der Waals surface area contributed by atoms with Crippen LogP contribution in [0.4, 0.5) is 0 Å². The van der Waals surface area contributed by atoms with E-state index in [0.29, 0.717) is 165 Å². The van der Waals surface area contributed by atoms with Gasteiger partial charge in [-0.2, -0.15) is 0 Å². The Balaban J connectivity index is 1.59. The molecule has 14 nitrogen and oxygen atoms in total. The fraction of sp³-hybridized carbons (Fsp3) is 1.00. The summed E-state index contributed by atoms with van der Waals surface area (Å²) < 4.78 is 76.5. The van der Waals surface area contributed by atoms with Gasteiger partial charge >= 0.3 is 0 Å². The number of rotatable bonds is 39. The summed E-state index contributed by atoms with van der Waals surface area (Å²) in [6.07, 6.45) is 3.19. The van der Waals surface area contributed by atoms with Crippen LogP contribution in [-0.4, -0.2) is 183 Å². The van der Waals surface area contributed by atoms with E-state index in [1.54, 1.807) is 0 Å². The fourth-order valence-corrected chi connectivity index (χ4v) is 3.89. The van der Waals surface area contributed by atoms with E-state index in [0.717, 1.165) is 24.8 Å². The van der Waals surface area contributed by atoms with E-state index in [2.05, 4.69) is 15.9 Å². The van der Waals surface area contributed by atoms with Crippen LogP contribution in [0, 0.1) is 0 Å². The Morgan fingerprint density at radius 1 is 0.348 bits per heavy atom. The lowest BCUT2D eigenvalue weighted by molar-refractivity contribution is -0.169. The van der Waals surface area contributed by atoms with Crippen molar-refractivity contribution in [3.8, 4) is 0 Å². The molecule has 0 spiro atoms. The van der Waals surface area contributed by atoms with Gasteiger partial charge in [-0.1, -0.05) is 15.9 Å². The molecule has 0 amide bonds. The van der Waals surface area contributed by atoms with Gasteiger partial charge in [-0.3, -0.25) is 0 Å². The predicted molar refractivity (Wildman–Crippen MR) is 173 cm³/mol. The highest BCUT2D eigenvalue weighted by atomic mass is 79.9. The lowest BCUT2D eigenvalue weighted by Crippen LogP contribution is -2.24. The molecule has 0 bridgehead atoms. The fourth-order valence-electron chi connectivity index (χ4n) is 3.66. The maximum Gasteiger partial charge on any atom is 0.157 e. The first-order chi connectivity index (χ1) is 22.9. The molecule has 0 aromatic rings. The van der Waals surface area contributed by atoms with Gasteiger partial charge in [-0.05, 0) is 19.3 Å². The van der Waals surface area contributed by atoms with E-state index in [9.17, 15) is 0 Å². The molecule has 1 atom stereocenters. The minimum Gasteiger partial charge on any atom is -0.378 e. The summed E-state index contributed by atoms with van der Waals surface area (Å²) in [7, 11) is 0. The van der Waals surface area contributed by atoms with Crippen LogP contribution in [-0.2, 0) is 66.3 Å². The van der Waals surface area contributed by atoms with Crippen LogP contribution in [0.25, 0.3) is 0 Å². The predicted octanol–water partition coefficient (Wildman–Crippen LogP) is 2.12. The molecule has 276 valence electrons. The minimum atomic E-state index is -0.0657. The average molecular weight is 738 g/mol. The van der Waals surface area contributed by atoms with Gasteiger partial charge in [0, 0.05) is 11.9 Å². The molecule has 1 aliphatic heterocycles. The third kappa shape index (κ3) is 35.2. The van der Waals surface area contributed by atoms with E-state index >= 15 is 0 Å². The molecule has 1 unspecified atom stereocenters. The van der Waals surface area contributed by atoms with Gasteiger partial charge in [0.05, 0.1) is 165 Å². The highest BCUT2D eigenvalue weighted by Gasteiger charge is 2.13. The Bertz CT molecular complexity index is 563. The molecule has 1 aliphatic rings. The van der Waals surface area contributed by atoms with E-state index in [1.807, 2.05) is 0 Å². The molecule has 1 fully saturated rings. The molecule has 0 saturated carbocycles. The van der Waals surface area contributed by atoms with Crippen molar-refractivity contribution in [3.05, 3.63) is 0 Å². The van der Waals surface area contributed by atoms with Crippen LogP contribution in [0.1, 0.15) is 19.3 Å². The van der Waals surface area contributed by atoms with E-state index < -0.39 is 0 Å². The summed E-state index contributed by atoms with van der Waals surface area (Å²) in [6, 6.07) is 0. The number of hydrogen-bond donors (Lipinski definition) is 0. The monoisotopic (exact) mass is 736 g/mol. The van der Waals surface area contributed by atoms with Crippen molar-refractivity contribution in [1.82, 2.24) is 0 Å². The lowest BCUT2D eigenvalue weighted by Gasteiger charge is -2.22. The van der Waals surface area contributed by atoms with Gasteiger partial charge in [0.15, 0.2) is 6.29 Å². The highest BCUT2D eigenvalue weighted by molar-refractivity contribution is 9.09. The molecule has 0 radical (unpaired) electrons.